The first-order valence-electron chi connectivity index (χ1n) is 11.4. The lowest BCUT2D eigenvalue weighted by Gasteiger charge is -2.48. The molecule has 6 heteroatoms. The minimum Gasteiger partial charge on any atom is -0.379 e. The molecule has 1 aliphatic carbocycles. The number of rotatable bonds is 7. The normalized spacial score (nSPS) is 20.5. The number of nitrogens with one attached hydrogen (secondary N) is 2. The molecule has 1 saturated heterocycles. The molecular formula is C24H37N3O3. The van der Waals surface area contributed by atoms with E-state index in [1.807, 2.05) is 39.0 Å². The van der Waals surface area contributed by atoms with E-state index in [1.54, 1.807) is 6.07 Å². The van der Waals surface area contributed by atoms with Gasteiger partial charge in [-0.15, -0.1) is 0 Å². The molecule has 2 amide bonds. The van der Waals surface area contributed by atoms with E-state index in [-0.39, 0.29) is 23.3 Å². The highest BCUT2D eigenvalue weighted by molar-refractivity contribution is 5.98. The van der Waals surface area contributed by atoms with Crippen molar-refractivity contribution in [1.82, 2.24) is 15.5 Å². The fourth-order valence-corrected chi connectivity index (χ4v) is 4.80. The highest BCUT2D eigenvalue weighted by Crippen LogP contribution is 2.34. The molecule has 2 fully saturated rings. The van der Waals surface area contributed by atoms with Crippen molar-refractivity contribution in [3.8, 4) is 0 Å². The third-order valence-electron chi connectivity index (χ3n) is 6.68. The number of hydrogen-bond donors (Lipinski definition) is 2. The lowest BCUT2D eigenvalue weighted by Crippen LogP contribution is -2.61. The van der Waals surface area contributed by atoms with Crippen LogP contribution in [0.5, 0.6) is 0 Å². The Labute approximate surface area is 180 Å². The first kappa shape index (κ1) is 22.8. The van der Waals surface area contributed by atoms with Gasteiger partial charge in [0.05, 0.1) is 13.2 Å². The van der Waals surface area contributed by atoms with E-state index in [1.165, 1.54) is 19.3 Å². The van der Waals surface area contributed by atoms with E-state index in [0.717, 1.165) is 44.7 Å². The standard InChI is InChI=1S/C24H37N3O3/c1-18(2)21(26-22(28)20-10-6-5-9-19(20)3)23(29)25-17-24(11-7-4-8-12-24)27-13-15-30-16-14-27/h5-6,9-10,18,21H,4,7-8,11-17H2,1-3H3,(H,25,29)(H,26,28). The van der Waals surface area contributed by atoms with Crippen LogP contribution in [0.4, 0.5) is 0 Å². The van der Waals surface area contributed by atoms with Crippen LogP contribution in [0, 0.1) is 12.8 Å². The number of carbonyl (C=O) groups excluding carboxylic acids is 2. The number of amides is 2. The lowest BCUT2D eigenvalue weighted by molar-refractivity contribution is -0.125. The van der Waals surface area contributed by atoms with Gasteiger partial charge in [-0.25, -0.2) is 0 Å². The molecule has 166 valence electrons. The molecule has 1 aromatic carbocycles. The topological polar surface area (TPSA) is 70.7 Å². The molecule has 0 spiro atoms. The molecular weight excluding hydrogens is 378 g/mol. The van der Waals surface area contributed by atoms with Crippen LogP contribution < -0.4 is 10.6 Å². The van der Waals surface area contributed by atoms with Gasteiger partial charge in [0.1, 0.15) is 6.04 Å². The molecule has 0 radical (unpaired) electrons. The van der Waals surface area contributed by atoms with Gasteiger partial charge >= 0.3 is 0 Å². The summed E-state index contributed by atoms with van der Waals surface area (Å²) in [5.41, 5.74) is 1.54. The number of hydrogen-bond acceptors (Lipinski definition) is 4. The second kappa shape index (κ2) is 10.4. The Hall–Kier alpha value is -1.92. The Morgan fingerprint density at radius 3 is 2.40 bits per heavy atom. The Balaban J connectivity index is 1.66. The van der Waals surface area contributed by atoms with Gasteiger partial charge in [-0.3, -0.25) is 14.5 Å². The number of aryl methyl sites for hydroxylation is 1. The highest BCUT2D eigenvalue weighted by Gasteiger charge is 2.39. The molecule has 1 aliphatic heterocycles. The first-order valence-corrected chi connectivity index (χ1v) is 11.4. The number of morpholine rings is 1. The van der Waals surface area contributed by atoms with Crippen LogP contribution >= 0.6 is 0 Å². The third-order valence-corrected chi connectivity index (χ3v) is 6.68. The van der Waals surface area contributed by atoms with E-state index in [9.17, 15) is 9.59 Å². The zero-order valence-electron chi connectivity index (χ0n) is 18.7. The summed E-state index contributed by atoms with van der Waals surface area (Å²) < 4.78 is 5.55. The summed E-state index contributed by atoms with van der Waals surface area (Å²) in [5.74, 6) is -0.281. The minimum absolute atomic E-state index is 0.00339. The maximum absolute atomic E-state index is 13.1. The summed E-state index contributed by atoms with van der Waals surface area (Å²) in [6.45, 7) is 9.86. The second-order valence-electron chi connectivity index (χ2n) is 9.11. The molecule has 3 rings (SSSR count). The predicted molar refractivity (Wildman–Crippen MR) is 118 cm³/mol. The minimum atomic E-state index is -0.553. The molecule has 0 aromatic heterocycles. The maximum atomic E-state index is 13.1. The molecule has 30 heavy (non-hydrogen) atoms. The molecule has 1 atom stereocenters. The van der Waals surface area contributed by atoms with Gasteiger partial charge in [0.2, 0.25) is 5.91 Å². The van der Waals surface area contributed by atoms with Crippen LogP contribution in [-0.2, 0) is 9.53 Å². The van der Waals surface area contributed by atoms with Gasteiger partial charge in [0, 0.05) is 30.7 Å². The van der Waals surface area contributed by atoms with Crippen LogP contribution in [0.25, 0.3) is 0 Å². The fourth-order valence-electron chi connectivity index (χ4n) is 4.80. The zero-order chi connectivity index (χ0) is 21.6. The Morgan fingerprint density at radius 2 is 1.77 bits per heavy atom. The van der Waals surface area contributed by atoms with Gasteiger partial charge in [-0.1, -0.05) is 51.3 Å². The van der Waals surface area contributed by atoms with Crippen molar-refractivity contribution in [3.05, 3.63) is 35.4 Å². The van der Waals surface area contributed by atoms with Crippen molar-refractivity contribution in [2.24, 2.45) is 5.92 Å². The first-order chi connectivity index (χ1) is 14.4. The summed E-state index contributed by atoms with van der Waals surface area (Å²) in [6, 6.07) is 6.92. The molecule has 1 aromatic rings. The van der Waals surface area contributed by atoms with Gasteiger partial charge in [0.25, 0.3) is 5.91 Å². The largest absolute Gasteiger partial charge is 0.379 e. The van der Waals surface area contributed by atoms with Gasteiger partial charge < -0.3 is 15.4 Å². The Kier molecular flexibility index (Phi) is 7.89. The summed E-state index contributed by atoms with van der Waals surface area (Å²) in [5, 5.41) is 6.18. The SMILES string of the molecule is Cc1ccccc1C(=O)NC(C(=O)NCC1(N2CCOCC2)CCCCC1)C(C)C. The monoisotopic (exact) mass is 415 g/mol. The summed E-state index contributed by atoms with van der Waals surface area (Å²) in [4.78, 5) is 28.4. The third kappa shape index (κ3) is 5.41. The summed E-state index contributed by atoms with van der Waals surface area (Å²) in [6.07, 6.45) is 5.88. The van der Waals surface area contributed by atoms with Crippen LogP contribution in [0.1, 0.15) is 61.9 Å². The van der Waals surface area contributed by atoms with Gasteiger partial charge in [-0.2, -0.15) is 0 Å². The van der Waals surface area contributed by atoms with Gasteiger partial charge in [0.15, 0.2) is 0 Å². The van der Waals surface area contributed by atoms with Crippen molar-refractivity contribution in [2.45, 2.75) is 64.5 Å². The molecule has 6 nitrogen and oxygen atoms in total. The number of carbonyl (C=O) groups is 2. The average Bonchev–Trinajstić information content (AvgIpc) is 2.77. The summed E-state index contributed by atoms with van der Waals surface area (Å²) >= 11 is 0. The number of nitrogens with zero attached hydrogens (tertiary/aromatic N) is 1. The average molecular weight is 416 g/mol. The number of ether oxygens (including phenoxy) is 1. The van der Waals surface area contributed by atoms with Gasteiger partial charge in [-0.05, 0) is 37.3 Å². The van der Waals surface area contributed by atoms with Crippen molar-refractivity contribution >= 4 is 11.8 Å². The maximum Gasteiger partial charge on any atom is 0.252 e. The number of benzene rings is 1. The van der Waals surface area contributed by atoms with Crippen molar-refractivity contribution in [2.75, 3.05) is 32.8 Å². The highest BCUT2D eigenvalue weighted by atomic mass is 16.5. The van der Waals surface area contributed by atoms with E-state index in [0.29, 0.717) is 12.1 Å². The van der Waals surface area contributed by atoms with Crippen LogP contribution in [0.2, 0.25) is 0 Å². The molecule has 2 N–H and O–H groups in total. The van der Waals surface area contributed by atoms with E-state index in [4.69, 9.17) is 4.74 Å². The van der Waals surface area contributed by atoms with E-state index >= 15 is 0 Å². The van der Waals surface area contributed by atoms with Crippen molar-refractivity contribution < 1.29 is 14.3 Å². The lowest BCUT2D eigenvalue weighted by atomic mass is 9.79. The van der Waals surface area contributed by atoms with Crippen molar-refractivity contribution in [1.29, 1.82) is 0 Å². The van der Waals surface area contributed by atoms with E-state index < -0.39 is 6.04 Å². The van der Waals surface area contributed by atoms with Crippen LogP contribution in [-0.4, -0.2) is 61.1 Å². The Bertz CT molecular complexity index is 722. The second-order valence-corrected chi connectivity index (χ2v) is 9.11. The molecule has 1 unspecified atom stereocenters. The van der Waals surface area contributed by atoms with Crippen LogP contribution in [0.15, 0.2) is 24.3 Å². The smallest absolute Gasteiger partial charge is 0.252 e. The fraction of sp³-hybridized carbons (Fsp3) is 0.667. The molecule has 1 heterocycles. The zero-order valence-corrected chi connectivity index (χ0v) is 18.7. The predicted octanol–water partition coefficient (Wildman–Crippen LogP) is 2.90. The Morgan fingerprint density at radius 1 is 1.10 bits per heavy atom. The van der Waals surface area contributed by atoms with E-state index in [2.05, 4.69) is 15.5 Å². The van der Waals surface area contributed by atoms with Crippen LogP contribution in [0.3, 0.4) is 0 Å². The molecule has 1 saturated carbocycles. The molecule has 2 aliphatic rings. The molecule has 0 bridgehead atoms. The summed E-state index contributed by atoms with van der Waals surface area (Å²) in [7, 11) is 0. The quantitative estimate of drug-likeness (QED) is 0.718. The van der Waals surface area contributed by atoms with Crippen molar-refractivity contribution in [3.63, 3.8) is 0 Å².